The molecule has 1 aliphatic carbocycles. The van der Waals surface area contributed by atoms with E-state index < -0.39 is 23.7 Å². The van der Waals surface area contributed by atoms with Gasteiger partial charge in [0.2, 0.25) is 5.91 Å². The summed E-state index contributed by atoms with van der Waals surface area (Å²) in [5, 5.41) is 2.96. The van der Waals surface area contributed by atoms with Gasteiger partial charge in [-0.1, -0.05) is 32.1 Å². The third-order valence-corrected chi connectivity index (χ3v) is 6.26. The first-order valence-corrected chi connectivity index (χ1v) is 11.8. The second kappa shape index (κ2) is 10.4. The number of carbonyl (C=O) groups excluding carboxylic acids is 3. The normalized spacial score (nSPS) is 21.8. The van der Waals surface area contributed by atoms with Crippen molar-refractivity contribution in [1.29, 1.82) is 0 Å². The molecule has 0 radical (unpaired) electrons. The lowest BCUT2D eigenvalue weighted by Gasteiger charge is -2.34. The van der Waals surface area contributed by atoms with Crippen molar-refractivity contribution in [2.24, 2.45) is 11.8 Å². The zero-order chi connectivity index (χ0) is 23.3. The number of nitrogens with zero attached hydrogens (tertiary/aromatic N) is 1. The Morgan fingerprint density at radius 2 is 1.69 bits per heavy atom. The van der Waals surface area contributed by atoms with Crippen molar-refractivity contribution in [2.75, 3.05) is 18.5 Å². The average molecular weight is 445 g/mol. The minimum Gasteiger partial charge on any atom is -0.462 e. The second-order valence-electron chi connectivity index (χ2n) is 9.76. The second-order valence-corrected chi connectivity index (χ2v) is 9.76. The smallest absolute Gasteiger partial charge is 0.410 e. The number of carbonyl (C=O) groups is 3. The lowest BCUT2D eigenvalue weighted by Crippen LogP contribution is -2.49. The van der Waals surface area contributed by atoms with Gasteiger partial charge in [-0.25, -0.2) is 9.59 Å². The van der Waals surface area contributed by atoms with Gasteiger partial charge in [0.25, 0.3) is 0 Å². The number of nitrogens with one attached hydrogen (secondary N) is 1. The number of benzene rings is 1. The molecule has 7 nitrogen and oxygen atoms in total. The van der Waals surface area contributed by atoms with E-state index >= 15 is 0 Å². The molecule has 1 N–H and O–H groups in total. The highest BCUT2D eigenvalue weighted by Gasteiger charge is 2.46. The Hall–Kier alpha value is -2.57. The lowest BCUT2D eigenvalue weighted by atomic mass is 9.76. The van der Waals surface area contributed by atoms with E-state index in [0.29, 0.717) is 30.3 Å². The van der Waals surface area contributed by atoms with Gasteiger partial charge in [0, 0.05) is 12.2 Å². The number of ether oxygens (including phenoxy) is 2. The topological polar surface area (TPSA) is 84.9 Å². The third kappa shape index (κ3) is 6.02. The molecule has 1 heterocycles. The quantitative estimate of drug-likeness (QED) is 0.646. The van der Waals surface area contributed by atoms with Crippen molar-refractivity contribution in [2.45, 2.75) is 77.9 Å². The van der Waals surface area contributed by atoms with Crippen LogP contribution in [0.1, 0.15) is 76.6 Å². The van der Waals surface area contributed by atoms with E-state index in [4.69, 9.17) is 9.47 Å². The van der Waals surface area contributed by atoms with Crippen LogP contribution < -0.4 is 5.32 Å². The van der Waals surface area contributed by atoms with Gasteiger partial charge in [-0.2, -0.15) is 0 Å². The fourth-order valence-electron chi connectivity index (χ4n) is 4.85. The van der Waals surface area contributed by atoms with Gasteiger partial charge in [0.15, 0.2) is 0 Å². The molecular weight excluding hydrogens is 408 g/mol. The van der Waals surface area contributed by atoms with Crippen molar-refractivity contribution in [3.8, 4) is 0 Å². The summed E-state index contributed by atoms with van der Waals surface area (Å²) in [5.41, 5.74) is 0.395. The van der Waals surface area contributed by atoms with E-state index in [1.165, 1.54) is 19.3 Å². The SMILES string of the molecule is CCOC(=O)c1ccc(NC(=O)[C@@H]2[C@H](C3CCCCC3)CCN2C(=O)OC(C)(C)C)cc1. The van der Waals surface area contributed by atoms with Crippen LogP contribution in [0.2, 0.25) is 0 Å². The number of hydrogen-bond acceptors (Lipinski definition) is 5. The van der Waals surface area contributed by atoms with Crippen LogP contribution in [0.15, 0.2) is 24.3 Å². The number of amides is 2. The molecule has 1 aromatic carbocycles. The van der Waals surface area contributed by atoms with E-state index in [-0.39, 0.29) is 11.8 Å². The van der Waals surface area contributed by atoms with Crippen molar-refractivity contribution in [1.82, 2.24) is 4.90 Å². The van der Waals surface area contributed by atoms with Gasteiger partial charge < -0.3 is 14.8 Å². The zero-order valence-electron chi connectivity index (χ0n) is 19.7. The first-order valence-electron chi connectivity index (χ1n) is 11.8. The number of rotatable bonds is 5. The predicted molar refractivity (Wildman–Crippen MR) is 122 cm³/mol. The lowest BCUT2D eigenvalue weighted by molar-refractivity contribution is -0.122. The summed E-state index contributed by atoms with van der Waals surface area (Å²) in [6, 6.07) is 6.08. The molecule has 1 aliphatic heterocycles. The largest absolute Gasteiger partial charge is 0.462 e. The first kappa shape index (κ1) is 24.1. The maximum absolute atomic E-state index is 13.4. The van der Waals surface area contributed by atoms with Crippen molar-refractivity contribution in [3.63, 3.8) is 0 Å². The van der Waals surface area contributed by atoms with E-state index in [0.717, 1.165) is 19.3 Å². The Balaban J connectivity index is 1.77. The molecule has 0 unspecified atom stereocenters. The first-order chi connectivity index (χ1) is 15.2. The highest BCUT2D eigenvalue weighted by molar-refractivity contribution is 5.98. The van der Waals surface area contributed by atoms with Crippen LogP contribution in [0.5, 0.6) is 0 Å². The summed E-state index contributed by atoms with van der Waals surface area (Å²) in [6.07, 6.45) is 6.17. The molecule has 0 aromatic heterocycles. The molecular formula is C25H36N2O5. The Bertz CT molecular complexity index is 809. The Morgan fingerprint density at radius 1 is 1.03 bits per heavy atom. The fourth-order valence-corrected chi connectivity index (χ4v) is 4.85. The van der Waals surface area contributed by atoms with Gasteiger partial charge in [0.05, 0.1) is 12.2 Å². The molecule has 32 heavy (non-hydrogen) atoms. The molecule has 3 rings (SSSR count). The van der Waals surface area contributed by atoms with Crippen molar-refractivity contribution < 1.29 is 23.9 Å². The zero-order valence-corrected chi connectivity index (χ0v) is 19.7. The summed E-state index contributed by atoms with van der Waals surface area (Å²) in [5.74, 6) is -0.0257. The summed E-state index contributed by atoms with van der Waals surface area (Å²) in [6.45, 7) is 8.09. The molecule has 1 saturated heterocycles. The van der Waals surface area contributed by atoms with Crippen molar-refractivity contribution >= 4 is 23.7 Å². The highest BCUT2D eigenvalue weighted by Crippen LogP contribution is 2.39. The monoisotopic (exact) mass is 444 g/mol. The minimum atomic E-state index is -0.621. The van der Waals surface area contributed by atoms with Crippen LogP contribution in [0.25, 0.3) is 0 Å². The van der Waals surface area contributed by atoms with Crippen LogP contribution in [-0.4, -0.2) is 47.7 Å². The highest BCUT2D eigenvalue weighted by atomic mass is 16.6. The Labute approximate surface area is 190 Å². The van der Waals surface area contributed by atoms with Crippen LogP contribution in [0.4, 0.5) is 10.5 Å². The summed E-state index contributed by atoms with van der Waals surface area (Å²) < 4.78 is 10.6. The van der Waals surface area contributed by atoms with E-state index in [1.807, 2.05) is 20.8 Å². The molecule has 7 heteroatoms. The molecule has 0 spiro atoms. The maximum Gasteiger partial charge on any atom is 0.410 e. The van der Waals surface area contributed by atoms with Crippen LogP contribution in [0, 0.1) is 11.8 Å². The number of esters is 1. The van der Waals surface area contributed by atoms with Crippen LogP contribution >= 0.6 is 0 Å². The van der Waals surface area contributed by atoms with E-state index in [2.05, 4.69) is 5.32 Å². The molecule has 1 saturated carbocycles. The number of likely N-dealkylation sites (tertiary alicyclic amines) is 1. The maximum atomic E-state index is 13.4. The number of hydrogen-bond donors (Lipinski definition) is 1. The fraction of sp³-hybridized carbons (Fsp3) is 0.640. The van der Waals surface area contributed by atoms with Gasteiger partial charge >= 0.3 is 12.1 Å². The summed E-state index contributed by atoms with van der Waals surface area (Å²) in [7, 11) is 0. The molecule has 2 aliphatic rings. The average Bonchev–Trinajstić information content (AvgIpc) is 3.19. The van der Waals surface area contributed by atoms with Crippen LogP contribution in [0.3, 0.4) is 0 Å². The van der Waals surface area contributed by atoms with Crippen molar-refractivity contribution in [3.05, 3.63) is 29.8 Å². The molecule has 1 aromatic rings. The van der Waals surface area contributed by atoms with Gasteiger partial charge in [-0.05, 0) is 70.2 Å². The van der Waals surface area contributed by atoms with Gasteiger partial charge in [-0.15, -0.1) is 0 Å². The summed E-state index contributed by atoms with van der Waals surface area (Å²) in [4.78, 5) is 39.8. The summed E-state index contributed by atoms with van der Waals surface area (Å²) >= 11 is 0. The van der Waals surface area contributed by atoms with E-state index in [9.17, 15) is 14.4 Å². The molecule has 2 atom stereocenters. The molecule has 2 amide bonds. The predicted octanol–water partition coefficient (Wildman–Crippen LogP) is 5.01. The van der Waals surface area contributed by atoms with Gasteiger partial charge in [-0.3, -0.25) is 9.69 Å². The third-order valence-electron chi connectivity index (χ3n) is 6.26. The number of anilines is 1. The standard InChI is InChI=1S/C25H36N2O5/c1-5-31-23(29)18-11-13-19(14-12-18)26-22(28)21-20(17-9-7-6-8-10-17)15-16-27(21)24(30)32-25(2,3)4/h11-14,17,20-21H,5-10,15-16H2,1-4H3,(H,26,28)/t20-,21-/m0/s1. The molecule has 176 valence electrons. The Kier molecular flexibility index (Phi) is 7.80. The Morgan fingerprint density at radius 3 is 2.28 bits per heavy atom. The molecule has 2 fully saturated rings. The van der Waals surface area contributed by atoms with E-state index in [1.54, 1.807) is 36.1 Å². The van der Waals surface area contributed by atoms with Gasteiger partial charge in [0.1, 0.15) is 11.6 Å². The van der Waals surface area contributed by atoms with Crippen LogP contribution in [-0.2, 0) is 14.3 Å². The molecule has 0 bridgehead atoms. The minimum absolute atomic E-state index is 0.127.